The van der Waals surface area contributed by atoms with Crippen molar-refractivity contribution in [1.82, 2.24) is 74.5 Å². The molecule has 30 nitrogen and oxygen atoms in total. The summed E-state index contributed by atoms with van der Waals surface area (Å²) in [5.41, 5.74) is 4.33. The van der Waals surface area contributed by atoms with Crippen LogP contribution in [0.15, 0.2) is 134 Å². The van der Waals surface area contributed by atoms with Gasteiger partial charge in [-0.15, -0.1) is 0 Å². The fraction of sp³-hybridized carbons (Fsp3) is 0.500. The van der Waals surface area contributed by atoms with Crippen molar-refractivity contribution in [2.24, 2.45) is 0 Å². The average molecular weight is 1580 g/mol. The Kier molecular flexibility index (Phi) is 26.4. The molecule has 32 heteroatoms. The van der Waals surface area contributed by atoms with Crippen LogP contribution in [0.4, 0.5) is 53.7 Å². The number of fused-ring (bicyclic) bond motifs is 5. The molecule has 2 aromatic heterocycles. The highest BCUT2D eigenvalue weighted by Crippen LogP contribution is 2.32. The number of nitrogens with zero attached hydrogens (tertiary/aromatic N) is 15. The minimum absolute atomic E-state index is 0.00868. The Balaban J connectivity index is 0.000000133. The molecule has 16 rings (SSSR count). The largest absolute Gasteiger partial charge is 0.497 e. The van der Waals surface area contributed by atoms with Gasteiger partial charge in [-0.05, 0) is 124 Å². The smallest absolute Gasteiger partial charge is 0.410 e. The van der Waals surface area contributed by atoms with Crippen molar-refractivity contribution in [2.45, 2.75) is 109 Å². The van der Waals surface area contributed by atoms with Crippen LogP contribution < -0.4 is 39.4 Å². The van der Waals surface area contributed by atoms with Gasteiger partial charge in [-0.25, -0.2) is 42.3 Å². The number of piperazine rings is 5. The van der Waals surface area contributed by atoms with Crippen LogP contribution in [0.2, 0.25) is 0 Å². The van der Waals surface area contributed by atoms with Crippen molar-refractivity contribution < 1.29 is 70.8 Å². The number of ether oxygens (including phenoxy) is 6. The fourth-order valence-corrected chi connectivity index (χ4v) is 15.8. The molecule has 0 saturated carbocycles. The average Bonchev–Trinajstić information content (AvgIpc) is 1.65. The Morgan fingerprint density at radius 1 is 0.412 bits per heavy atom. The molecule has 0 bridgehead atoms. The van der Waals surface area contributed by atoms with Crippen LogP contribution >= 0.6 is 0 Å². The topological polar surface area (TPSA) is 267 Å². The Morgan fingerprint density at radius 3 is 1.11 bits per heavy atom. The molecule has 2 N–H and O–H groups in total. The number of carbonyl (C=O) groups excluding carboxylic acids is 7. The van der Waals surface area contributed by atoms with Gasteiger partial charge in [0.2, 0.25) is 0 Å². The lowest BCUT2D eigenvalue weighted by molar-refractivity contribution is 0.0120. The number of anilines is 2. The minimum Gasteiger partial charge on any atom is -0.497 e. The molecule has 3 unspecified atom stereocenters. The number of pyridine rings is 2. The van der Waals surface area contributed by atoms with Crippen molar-refractivity contribution in [3.05, 3.63) is 168 Å². The predicted octanol–water partition coefficient (Wildman–Crippen LogP) is 8.80. The van der Waals surface area contributed by atoms with Gasteiger partial charge in [0.1, 0.15) is 34.2 Å². The van der Waals surface area contributed by atoms with Crippen molar-refractivity contribution in [3.8, 4) is 23.0 Å². The number of methoxy groups -OCH3 is 4. The quantitative estimate of drug-likeness (QED) is 0.103. The van der Waals surface area contributed by atoms with E-state index in [2.05, 4.69) is 20.6 Å². The summed E-state index contributed by atoms with van der Waals surface area (Å²) >= 11 is 0. The van der Waals surface area contributed by atoms with Crippen LogP contribution in [0.25, 0.3) is 0 Å². The van der Waals surface area contributed by atoms with E-state index in [1.165, 1.54) is 12.4 Å². The molecule has 12 heterocycles. The molecule has 10 fully saturated rings. The lowest BCUT2D eigenvalue weighted by Crippen LogP contribution is -2.54. The molecule has 114 heavy (non-hydrogen) atoms. The van der Waals surface area contributed by atoms with Crippen LogP contribution in [0.1, 0.15) is 63.8 Å². The van der Waals surface area contributed by atoms with Gasteiger partial charge < -0.3 is 103 Å². The molecule has 0 radical (unpaired) electrons. The second kappa shape index (κ2) is 36.7. The highest BCUT2D eigenvalue weighted by molar-refractivity contribution is 5.81. The van der Waals surface area contributed by atoms with E-state index < -0.39 is 11.2 Å². The summed E-state index contributed by atoms with van der Waals surface area (Å²) in [6.07, 6.45) is 5.05. The summed E-state index contributed by atoms with van der Waals surface area (Å²) in [7, 11) is 6.55. The molecule has 6 aromatic rings. The van der Waals surface area contributed by atoms with Gasteiger partial charge in [0, 0.05) is 169 Å². The number of amides is 12. The maximum absolute atomic E-state index is 14.0. The maximum atomic E-state index is 14.0. The monoisotopic (exact) mass is 1580 g/mol. The van der Waals surface area contributed by atoms with Crippen LogP contribution in [0.3, 0.4) is 0 Å². The van der Waals surface area contributed by atoms with Gasteiger partial charge in [-0.3, -0.25) is 9.97 Å². The third-order valence-corrected chi connectivity index (χ3v) is 21.3. The van der Waals surface area contributed by atoms with Gasteiger partial charge in [-0.2, -0.15) is 0 Å². The highest BCUT2D eigenvalue weighted by atomic mass is 19.1. The summed E-state index contributed by atoms with van der Waals surface area (Å²) in [6.45, 7) is 26.2. The first-order valence-corrected chi connectivity index (χ1v) is 38.9. The first-order valence-electron chi connectivity index (χ1n) is 38.9. The van der Waals surface area contributed by atoms with E-state index in [0.717, 1.165) is 71.4 Å². The summed E-state index contributed by atoms with van der Waals surface area (Å²) in [4.78, 5) is 118. The summed E-state index contributed by atoms with van der Waals surface area (Å²) in [5.74, 6) is 2.54. The van der Waals surface area contributed by atoms with Crippen molar-refractivity contribution in [3.63, 3.8) is 0 Å². The molecule has 0 aliphatic carbocycles. The summed E-state index contributed by atoms with van der Waals surface area (Å²) < 4.78 is 59.8. The highest BCUT2D eigenvalue weighted by Gasteiger charge is 2.46. The normalized spacial score (nSPS) is 21.0. The van der Waals surface area contributed by atoms with Crippen molar-refractivity contribution >= 4 is 53.7 Å². The Morgan fingerprint density at radius 2 is 0.746 bits per heavy atom. The van der Waals surface area contributed by atoms with Crippen LogP contribution in [0.5, 0.6) is 23.0 Å². The first kappa shape index (κ1) is 82.2. The molecular weight excluding hydrogens is 1470 g/mol. The second-order valence-corrected chi connectivity index (χ2v) is 31.6. The molecule has 0 spiro atoms. The Hall–Kier alpha value is -11.3. The van der Waals surface area contributed by atoms with Crippen molar-refractivity contribution in [1.29, 1.82) is 0 Å². The maximum Gasteiger partial charge on any atom is 0.410 e. The van der Waals surface area contributed by atoms with Crippen LogP contribution in [-0.4, -0.2) is 307 Å². The molecule has 612 valence electrons. The standard InChI is InChI=1S/2C19H21FN4O2.C19H27N3O4.C14H19N3O2.C11H19N3O3/c2*1-26-16-4-2-3-14(9-16)11-23-13-15-12-22(7-8-24(15)19(23)25)18-5-6-21-10-17(18)20;1-19(2,3)26-18(24)20-8-9-22-15(12-20)13-21(17(22)23)11-14-6-5-7-16(10-14)25-4;1-19-13-4-2-3-11(7-13)9-16-10-12-8-15-5-6-17(12)14(16)18;1-11(2,3)17-10(16)13-4-5-14-8(7-13)6-12-9(14)15/h2*2-6,9-10,15H,7-8,11-13H2,1H3;5-7,10,15H,8-9,11-13H2,1-4H3;2-4,7,12,15H,5-6,8-10H2,1H3;8H,4-7H2,1-3H3,(H,12,15)/t2*15-;;;/m10.../s1. The first-order chi connectivity index (χ1) is 54.7. The number of benzene rings is 4. The molecule has 10 aliphatic heterocycles. The van der Waals surface area contributed by atoms with E-state index in [1.54, 1.807) is 67.7 Å². The number of hydrogen-bond donors (Lipinski definition) is 2. The van der Waals surface area contributed by atoms with Crippen LogP contribution in [-0.2, 0) is 35.7 Å². The fourth-order valence-electron chi connectivity index (χ4n) is 15.8. The van der Waals surface area contributed by atoms with Gasteiger partial charge in [0.05, 0.1) is 82.4 Å². The molecule has 5 atom stereocenters. The molecule has 10 aliphatic rings. The van der Waals surface area contributed by atoms with Gasteiger partial charge in [0.25, 0.3) is 0 Å². The molecule has 10 saturated heterocycles. The van der Waals surface area contributed by atoms with E-state index in [9.17, 15) is 42.3 Å². The van der Waals surface area contributed by atoms with Gasteiger partial charge in [-0.1, -0.05) is 48.5 Å². The van der Waals surface area contributed by atoms with Crippen molar-refractivity contribution in [2.75, 3.05) is 169 Å². The minimum atomic E-state index is -0.516. The molecular formula is C82H107F2N17O13. The van der Waals surface area contributed by atoms with E-state index in [-0.39, 0.29) is 78.1 Å². The van der Waals surface area contributed by atoms with Gasteiger partial charge >= 0.3 is 42.3 Å². The van der Waals surface area contributed by atoms with Crippen LogP contribution in [0, 0.1) is 11.6 Å². The van der Waals surface area contributed by atoms with Gasteiger partial charge in [0.15, 0.2) is 11.6 Å². The zero-order valence-electron chi connectivity index (χ0n) is 66.8. The number of halogens is 2. The third-order valence-electron chi connectivity index (χ3n) is 21.3. The molecule has 4 aromatic carbocycles. The third kappa shape index (κ3) is 20.5. The number of hydrogen-bond acceptors (Lipinski definition) is 18. The lowest BCUT2D eigenvalue weighted by atomic mass is 10.1. The van der Waals surface area contributed by atoms with E-state index in [0.29, 0.717) is 148 Å². The number of carbonyl (C=O) groups is 7. The zero-order chi connectivity index (χ0) is 81.0. The Bertz CT molecular complexity index is 4230. The zero-order valence-corrected chi connectivity index (χ0v) is 66.8. The Labute approximate surface area is 665 Å². The number of nitrogens with one attached hydrogen (secondary N) is 2. The SMILES string of the molecule is CC(C)(C)OC(=O)N1CCN2C(=O)NCC2C1.COc1cccc(CN2CC3CN(C(=O)OC(C)(C)C)CCN3C2=O)c1.COc1cccc(CN2CC3CNCCN3C2=O)c1.COc1cccc(CN2C[C@@H]3CN(c4ccncc4F)CCN3C2=O)c1.COc1cccc(CN2C[C@H]3CN(c4ccncc4F)CCN3C2=O)c1. The number of rotatable bonds is 14. The number of aromatic nitrogens is 2. The predicted molar refractivity (Wildman–Crippen MR) is 422 cm³/mol. The summed E-state index contributed by atoms with van der Waals surface area (Å²) in [6, 6.07) is 35.3. The second-order valence-electron chi connectivity index (χ2n) is 31.6. The summed E-state index contributed by atoms with van der Waals surface area (Å²) in [5, 5.41) is 6.12. The van der Waals surface area contributed by atoms with E-state index in [1.807, 2.05) is 188 Å². The van der Waals surface area contributed by atoms with E-state index in [4.69, 9.17) is 28.4 Å². The molecule has 12 amide bonds. The number of urea groups is 5. The lowest BCUT2D eigenvalue weighted by Gasteiger charge is -2.37. The van der Waals surface area contributed by atoms with E-state index >= 15 is 0 Å².